The van der Waals surface area contributed by atoms with Crippen LogP contribution in [0.1, 0.15) is 12.5 Å². The normalized spacial score (nSPS) is 11.8. The molecule has 1 amide bonds. The summed E-state index contributed by atoms with van der Waals surface area (Å²) >= 11 is 0. The lowest BCUT2D eigenvalue weighted by atomic mass is 10.2. The van der Waals surface area contributed by atoms with Crippen LogP contribution in [-0.4, -0.2) is 28.0 Å². The van der Waals surface area contributed by atoms with Crippen molar-refractivity contribution >= 4 is 11.9 Å². The van der Waals surface area contributed by atoms with Gasteiger partial charge in [-0.2, -0.15) is 0 Å². The van der Waals surface area contributed by atoms with Crippen LogP contribution in [0.25, 0.3) is 0 Å². The molecular formula is C10H12N2O3. The first-order valence-electron chi connectivity index (χ1n) is 4.50. The highest BCUT2D eigenvalue weighted by Gasteiger charge is 2.13. The van der Waals surface area contributed by atoms with Crippen molar-refractivity contribution in [3.8, 4) is 0 Å². The standard InChI is InChI=1S/C10H12N2O3/c1-7(10(14)15)12-9(13)6-8-2-4-11-5-3-8/h2-5,7H,6H2,1H3,(H,12,13)(H,14,15). The number of carboxylic acid groups (broad SMARTS) is 1. The molecule has 1 aromatic heterocycles. The van der Waals surface area contributed by atoms with Crippen molar-refractivity contribution in [3.63, 3.8) is 0 Å². The van der Waals surface area contributed by atoms with E-state index in [0.29, 0.717) is 0 Å². The minimum Gasteiger partial charge on any atom is -0.480 e. The number of nitrogens with one attached hydrogen (secondary N) is 1. The fourth-order valence-corrected chi connectivity index (χ4v) is 1.04. The van der Waals surface area contributed by atoms with E-state index in [1.165, 1.54) is 6.92 Å². The van der Waals surface area contributed by atoms with Gasteiger partial charge in [-0.25, -0.2) is 0 Å². The number of carboxylic acids is 1. The topological polar surface area (TPSA) is 79.3 Å². The number of carbonyl (C=O) groups is 2. The van der Waals surface area contributed by atoms with Gasteiger partial charge in [0.05, 0.1) is 6.42 Å². The fourth-order valence-electron chi connectivity index (χ4n) is 1.04. The average Bonchev–Trinajstić information content (AvgIpc) is 2.18. The third kappa shape index (κ3) is 3.76. The van der Waals surface area contributed by atoms with E-state index >= 15 is 0 Å². The van der Waals surface area contributed by atoms with Gasteiger partial charge >= 0.3 is 5.97 Å². The largest absolute Gasteiger partial charge is 0.480 e. The quantitative estimate of drug-likeness (QED) is 0.741. The second-order valence-corrected chi connectivity index (χ2v) is 3.16. The van der Waals surface area contributed by atoms with Crippen molar-refractivity contribution in [2.75, 3.05) is 0 Å². The Balaban J connectivity index is 2.47. The molecule has 1 atom stereocenters. The third-order valence-electron chi connectivity index (χ3n) is 1.86. The monoisotopic (exact) mass is 208 g/mol. The summed E-state index contributed by atoms with van der Waals surface area (Å²) in [6.07, 6.45) is 3.34. The van der Waals surface area contributed by atoms with E-state index in [-0.39, 0.29) is 12.3 Å². The molecule has 0 aliphatic heterocycles. The van der Waals surface area contributed by atoms with Crippen molar-refractivity contribution in [1.29, 1.82) is 0 Å². The Morgan fingerprint density at radius 1 is 1.47 bits per heavy atom. The van der Waals surface area contributed by atoms with Crippen LogP contribution in [0.4, 0.5) is 0 Å². The van der Waals surface area contributed by atoms with Gasteiger partial charge in [0.2, 0.25) is 5.91 Å². The Labute approximate surface area is 87.1 Å². The lowest BCUT2D eigenvalue weighted by Gasteiger charge is -2.08. The van der Waals surface area contributed by atoms with Crippen LogP contribution >= 0.6 is 0 Å². The molecule has 0 spiro atoms. The molecule has 0 fully saturated rings. The van der Waals surface area contributed by atoms with Gasteiger partial charge in [0.25, 0.3) is 0 Å². The van der Waals surface area contributed by atoms with E-state index in [0.717, 1.165) is 5.56 Å². The Morgan fingerprint density at radius 2 is 2.07 bits per heavy atom. The molecule has 5 nitrogen and oxygen atoms in total. The summed E-state index contributed by atoms with van der Waals surface area (Å²) in [6, 6.07) is 2.56. The Hall–Kier alpha value is -1.91. The van der Waals surface area contributed by atoms with Crippen molar-refractivity contribution in [3.05, 3.63) is 30.1 Å². The van der Waals surface area contributed by atoms with Crippen molar-refractivity contribution in [1.82, 2.24) is 10.3 Å². The maximum atomic E-state index is 11.3. The molecule has 0 saturated carbocycles. The molecule has 0 aliphatic rings. The molecule has 1 heterocycles. The molecule has 0 bridgehead atoms. The number of hydrogen-bond acceptors (Lipinski definition) is 3. The van der Waals surface area contributed by atoms with Gasteiger partial charge in [-0.05, 0) is 24.6 Å². The smallest absolute Gasteiger partial charge is 0.325 e. The molecule has 15 heavy (non-hydrogen) atoms. The zero-order valence-corrected chi connectivity index (χ0v) is 8.30. The van der Waals surface area contributed by atoms with Crippen LogP contribution < -0.4 is 5.32 Å². The maximum absolute atomic E-state index is 11.3. The zero-order valence-electron chi connectivity index (χ0n) is 8.30. The van der Waals surface area contributed by atoms with Crippen molar-refractivity contribution in [2.45, 2.75) is 19.4 Å². The highest BCUT2D eigenvalue weighted by molar-refractivity contribution is 5.84. The van der Waals surface area contributed by atoms with Gasteiger partial charge in [0, 0.05) is 12.4 Å². The van der Waals surface area contributed by atoms with E-state index in [1.54, 1.807) is 24.5 Å². The Kier molecular flexibility index (Phi) is 3.79. The number of nitrogens with zero attached hydrogens (tertiary/aromatic N) is 1. The van der Waals surface area contributed by atoms with E-state index in [1.807, 2.05) is 0 Å². The first-order valence-corrected chi connectivity index (χ1v) is 4.50. The molecule has 0 radical (unpaired) electrons. The summed E-state index contributed by atoms with van der Waals surface area (Å²) in [5.41, 5.74) is 0.806. The number of amides is 1. The van der Waals surface area contributed by atoms with Gasteiger partial charge < -0.3 is 10.4 Å². The van der Waals surface area contributed by atoms with Gasteiger partial charge in [-0.1, -0.05) is 0 Å². The first kappa shape index (κ1) is 11.2. The number of hydrogen-bond donors (Lipinski definition) is 2. The van der Waals surface area contributed by atoms with Crippen LogP contribution in [0.2, 0.25) is 0 Å². The number of aromatic nitrogens is 1. The van der Waals surface area contributed by atoms with Gasteiger partial charge in [-0.15, -0.1) is 0 Å². The minimum atomic E-state index is -1.04. The van der Waals surface area contributed by atoms with E-state index in [4.69, 9.17) is 5.11 Å². The predicted molar refractivity (Wildman–Crippen MR) is 53.2 cm³/mol. The van der Waals surface area contributed by atoms with Crippen LogP contribution in [0, 0.1) is 0 Å². The fraction of sp³-hybridized carbons (Fsp3) is 0.300. The van der Waals surface area contributed by atoms with Gasteiger partial charge in [-0.3, -0.25) is 14.6 Å². The molecule has 0 saturated heterocycles. The number of pyridine rings is 1. The summed E-state index contributed by atoms with van der Waals surface area (Å²) in [6.45, 7) is 1.42. The van der Waals surface area contributed by atoms with Crippen molar-refractivity contribution < 1.29 is 14.7 Å². The van der Waals surface area contributed by atoms with E-state index in [9.17, 15) is 9.59 Å². The lowest BCUT2D eigenvalue weighted by molar-refractivity contribution is -0.141. The van der Waals surface area contributed by atoms with Gasteiger partial charge in [0.1, 0.15) is 6.04 Å². The molecular weight excluding hydrogens is 196 g/mol. The highest BCUT2D eigenvalue weighted by Crippen LogP contribution is 1.97. The Morgan fingerprint density at radius 3 is 2.60 bits per heavy atom. The second kappa shape index (κ2) is 5.09. The minimum absolute atomic E-state index is 0.167. The second-order valence-electron chi connectivity index (χ2n) is 3.16. The molecule has 1 aromatic rings. The lowest BCUT2D eigenvalue weighted by Crippen LogP contribution is -2.39. The molecule has 1 unspecified atom stereocenters. The third-order valence-corrected chi connectivity index (χ3v) is 1.86. The van der Waals surface area contributed by atoms with Crippen LogP contribution in [0.3, 0.4) is 0 Å². The maximum Gasteiger partial charge on any atom is 0.325 e. The van der Waals surface area contributed by atoms with Gasteiger partial charge in [0.15, 0.2) is 0 Å². The summed E-state index contributed by atoms with van der Waals surface area (Å²) in [4.78, 5) is 25.6. The van der Waals surface area contributed by atoms with Crippen LogP contribution in [0.5, 0.6) is 0 Å². The van der Waals surface area contributed by atoms with E-state index < -0.39 is 12.0 Å². The molecule has 5 heteroatoms. The summed E-state index contributed by atoms with van der Waals surface area (Å²) < 4.78 is 0. The summed E-state index contributed by atoms with van der Waals surface area (Å²) in [5, 5.41) is 10.9. The van der Waals surface area contributed by atoms with Crippen LogP contribution in [0.15, 0.2) is 24.5 Å². The van der Waals surface area contributed by atoms with E-state index in [2.05, 4.69) is 10.3 Å². The highest BCUT2D eigenvalue weighted by atomic mass is 16.4. The molecule has 1 rings (SSSR count). The molecule has 2 N–H and O–H groups in total. The number of aliphatic carboxylic acids is 1. The van der Waals surface area contributed by atoms with Crippen LogP contribution in [-0.2, 0) is 16.0 Å². The zero-order chi connectivity index (χ0) is 11.3. The predicted octanol–water partition coefficient (Wildman–Crippen LogP) is 0.213. The molecule has 0 aromatic carbocycles. The SMILES string of the molecule is CC(NC(=O)Cc1ccncc1)C(=O)O. The number of rotatable bonds is 4. The average molecular weight is 208 g/mol. The first-order chi connectivity index (χ1) is 7.09. The Bertz CT molecular complexity index is 351. The number of carbonyl (C=O) groups excluding carboxylic acids is 1. The molecule has 80 valence electrons. The van der Waals surface area contributed by atoms with Crippen molar-refractivity contribution in [2.24, 2.45) is 0 Å². The molecule has 0 aliphatic carbocycles. The summed E-state index contributed by atoms with van der Waals surface area (Å²) in [7, 11) is 0. The summed E-state index contributed by atoms with van der Waals surface area (Å²) in [5.74, 6) is -1.35.